The molecule has 2 aromatic heterocycles. The molecule has 38 heavy (non-hydrogen) atoms. The molecule has 6 rings (SSSR count). The van der Waals surface area contributed by atoms with Crippen LogP contribution in [0.2, 0.25) is 0 Å². The molecular weight excluding hydrogens is 490 g/mol. The normalized spacial score (nSPS) is 20.1. The van der Waals surface area contributed by atoms with Crippen molar-refractivity contribution < 1.29 is 18.3 Å². The fourth-order valence-corrected chi connectivity index (χ4v) is 6.25. The summed E-state index contributed by atoms with van der Waals surface area (Å²) in [7, 11) is 1.79. The molecule has 1 atom stereocenters. The largest absolute Gasteiger partial charge is 0.381 e. The number of hydrogen-bond donors (Lipinski definition) is 0. The molecule has 0 bridgehead atoms. The van der Waals surface area contributed by atoms with Crippen molar-refractivity contribution in [2.45, 2.75) is 58.5 Å². The number of carbonyl (C=O) groups excluding carboxylic acids is 1. The number of alkyl halides is 2. The van der Waals surface area contributed by atoms with E-state index in [1.165, 1.54) is 0 Å². The summed E-state index contributed by atoms with van der Waals surface area (Å²) in [6, 6.07) is 3.81. The van der Waals surface area contributed by atoms with Crippen LogP contribution in [-0.2, 0) is 36.0 Å². The van der Waals surface area contributed by atoms with Gasteiger partial charge >= 0.3 is 0 Å². The Morgan fingerprint density at radius 2 is 2.00 bits per heavy atom. The summed E-state index contributed by atoms with van der Waals surface area (Å²) in [6.45, 7) is 7.01. The number of benzene rings is 1. The molecule has 0 saturated carbocycles. The molecule has 3 aliphatic rings. The van der Waals surface area contributed by atoms with Crippen LogP contribution in [0.4, 0.5) is 20.3 Å². The second-order valence-electron chi connectivity index (χ2n) is 10.9. The lowest BCUT2D eigenvalue weighted by molar-refractivity contribution is -0.129. The SMILES string of the molecule is CC(=O)N1CCc2c(c(N3CC(C)Cc4cc(-c5cnn(C)c5)c(C(F)F)cc43)nn2C2CCOCC2)C1. The van der Waals surface area contributed by atoms with E-state index >= 15 is 0 Å². The minimum absolute atomic E-state index is 0.000560. The van der Waals surface area contributed by atoms with E-state index < -0.39 is 6.43 Å². The van der Waals surface area contributed by atoms with Crippen LogP contribution in [0.25, 0.3) is 11.1 Å². The number of ether oxygens (including phenoxy) is 1. The zero-order valence-corrected chi connectivity index (χ0v) is 22.2. The summed E-state index contributed by atoms with van der Waals surface area (Å²) in [4.78, 5) is 16.3. The summed E-state index contributed by atoms with van der Waals surface area (Å²) in [6.07, 6.45) is 4.10. The Hall–Kier alpha value is -3.27. The maximum Gasteiger partial charge on any atom is 0.264 e. The number of rotatable bonds is 4. The van der Waals surface area contributed by atoms with Gasteiger partial charge in [-0.15, -0.1) is 0 Å². The first-order valence-corrected chi connectivity index (χ1v) is 13.4. The maximum atomic E-state index is 14.4. The van der Waals surface area contributed by atoms with E-state index in [2.05, 4.69) is 21.6 Å². The molecule has 1 aromatic carbocycles. The number of halogens is 2. The standard InChI is InChI=1S/C28H34F2N6O2/c1-17-10-19-11-22(20-13-31-33(3)15-20)23(27(29)30)12-26(19)35(14-17)28-24-16-34(18(2)37)7-4-25(24)36(32-28)21-5-8-38-9-6-21/h11-13,15,17,21,27H,4-10,14,16H2,1-3H3. The third-order valence-electron chi connectivity index (χ3n) is 8.16. The number of nitrogens with zero attached hydrogens (tertiary/aromatic N) is 6. The zero-order chi connectivity index (χ0) is 26.6. The average Bonchev–Trinajstić information content (AvgIpc) is 3.51. The lowest BCUT2D eigenvalue weighted by Crippen LogP contribution is -2.36. The van der Waals surface area contributed by atoms with Crippen molar-refractivity contribution in [3.8, 4) is 11.1 Å². The number of anilines is 2. The van der Waals surface area contributed by atoms with E-state index in [-0.39, 0.29) is 17.5 Å². The smallest absolute Gasteiger partial charge is 0.264 e. The molecule has 0 radical (unpaired) electrons. The molecule has 8 nitrogen and oxygen atoms in total. The average molecular weight is 525 g/mol. The van der Waals surface area contributed by atoms with Crippen LogP contribution in [0.1, 0.15) is 61.5 Å². The highest BCUT2D eigenvalue weighted by molar-refractivity contribution is 5.78. The number of aromatic nitrogens is 4. The highest BCUT2D eigenvalue weighted by atomic mass is 19.3. The summed E-state index contributed by atoms with van der Waals surface area (Å²) < 4.78 is 38.3. The first-order chi connectivity index (χ1) is 18.3. The Morgan fingerprint density at radius 3 is 2.68 bits per heavy atom. The van der Waals surface area contributed by atoms with Gasteiger partial charge in [-0.25, -0.2) is 8.78 Å². The minimum Gasteiger partial charge on any atom is -0.381 e. The fourth-order valence-electron chi connectivity index (χ4n) is 6.25. The molecule has 1 saturated heterocycles. The Labute approximate surface area is 221 Å². The Kier molecular flexibility index (Phi) is 6.45. The number of carbonyl (C=O) groups is 1. The lowest BCUT2D eigenvalue weighted by atomic mass is 9.89. The monoisotopic (exact) mass is 524 g/mol. The van der Waals surface area contributed by atoms with Crippen molar-refractivity contribution in [1.29, 1.82) is 0 Å². The van der Waals surface area contributed by atoms with Gasteiger partial charge in [0.1, 0.15) is 0 Å². The number of fused-ring (bicyclic) bond motifs is 2. The van der Waals surface area contributed by atoms with Crippen molar-refractivity contribution in [2.75, 3.05) is 31.2 Å². The van der Waals surface area contributed by atoms with Gasteiger partial charge in [-0.3, -0.25) is 14.2 Å². The van der Waals surface area contributed by atoms with E-state index in [1.807, 2.05) is 11.0 Å². The summed E-state index contributed by atoms with van der Waals surface area (Å²) in [5.41, 5.74) is 5.22. The van der Waals surface area contributed by atoms with Gasteiger partial charge in [0.15, 0.2) is 5.82 Å². The number of amides is 1. The molecule has 10 heteroatoms. The highest BCUT2D eigenvalue weighted by Gasteiger charge is 2.35. The Bertz CT molecular complexity index is 1360. The van der Waals surface area contributed by atoms with Crippen LogP contribution in [0.3, 0.4) is 0 Å². The van der Waals surface area contributed by atoms with Crippen LogP contribution in [0.5, 0.6) is 0 Å². The van der Waals surface area contributed by atoms with Crippen molar-refractivity contribution >= 4 is 17.4 Å². The Balaban J connectivity index is 1.49. The van der Waals surface area contributed by atoms with Crippen LogP contribution < -0.4 is 4.90 Å². The second kappa shape index (κ2) is 9.80. The molecule has 5 heterocycles. The molecule has 0 spiro atoms. The first kappa shape index (κ1) is 25.0. The third kappa shape index (κ3) is 4.38. The van der Waals surface area contributed by atoms with E-state index in [0.717, 1.165) is 54.0 Å². The van der Waals surface area contributed by atoms with Gasteiger partial charge in [0.2, 0.25) is 5.91 Å². The quantitative estimate of drug-likeness (QED) is 0.490. The first-order valence-electron chi connectivity index (χ1n) is 13.4. The van der Waals surface area contributed by atoms with E-state index in [0.29, 0.717) is 49.9 Å². The van der Waals surface area contributed by atoms with E-state index in [9.17, 15) is 13.6 Å². The van der Waals surface area contributed by atoms with Crippen molar-refractivity contribution in [3.63, 3.8) is 0 Å². The molecule has 3 aromatic rings. The summed E-state index contributed by atoms with van der Waals surface area (Å²) in [5, 5.41) is 9.38. The van der Waals surface area contributed by atoms with Crippen molar-refractivity contribution in [2.24, 2.45) is 13.0 Å². The second-order valence-corrected chi connectivity index (χ2v) is 10.9. The van der Waals surface area contributed by atoms with Gasteiger partial charge in [-0.1, -0.05) is 6.92 Å². The fraction of sp³-hybridized carbons (Fsp3) is 0.536. The van der Waals surface area contributed by atoms with Gasteiger partial charge < -0.3 is 14.5 Å². The van der Waals surface area contributed by atoms with Crippen LogP contribution in [-0.4, -0.2) is 56.7 Å². The van der Waals surface area contributed by atoms with Gasteiger partial charge in [0.25, 0.3) is 6.43 Å². The van der Waals surface area contributed by atoms with Crippen LogP contribution in [0.15, 0.2) is 24.5 Å². The van der Waals surface area contributed by atoms with Crippen LogP contribution >= 0.6 is 0 Å². The van der Waals surface area contributed by atoms with Crippen LogP contribution in [0, 0.1) is 5.92 Å². The summed E-state index contributed by atoms with van der Waals surface area (Å²) >= 11 is 0. The molecule has 1 fully saturated rings. The number of hydrogen-bond acceptors (Lipinski definition) is 5. The highest BCUT2D eigenvalue weighted by Crippen LogP contribution is 2.44. The molecule has 1 unspecified atom stereocenters. The van der Waals surface area contributed by atoms with Gasteiger partial charge in [0.05, 0.1) is 18.8 Å². The third-order valence-corrected chi connectivity index (χ3v) is 8.16. The maximum absolute atomic E-state index is 14.4. The lowest BCUT2D eigenvalue weighted by Gasteiger charge is -2.36. The molecule has 1 amide bonds. The van der Waals surface area contributed by atoms with Gasteiger partial charge in [-0.2, -0.15) is 10.2 Å². The molecule has 0 N–H and O–H groups in total. The zero-order valence-electron chi connectivity index (χ0n) is 22.2. The predicted molar refractivity (Wildman–Crippen MR) is 140 cm³/mol. The van der Waals surface area contributed by atoms with E-state index in [1.54, 1.807) is 37.1 Å². The molecule has 0 aliphatic carbocycles. The van der Waals surface area contributed by atoms with Crippen molar-refractivity contribution in [1.82, 2.24) is 24.5 Å². The van der Waals surface area contributed by atoms with E-state index in [4.69, 9.17) is 9.84 Å². The topological polar surface area (TPSA) is 68.4 Å². The predicted octanol–water partition coefficient (Wildman–Crippen LogP) is 4.81. The summed E-state index contributed by atoms with van der Waals surface area (Å²) in [5.74, 6) is 1.13. The van der Waals surface area contributed by atoms with Crippen molar-refractivity contribution in [3.05, 3.63) is 46.9 Å². The Morgan fingerprint density at radius 1 is 1.21 bits per heavy atom. The molecular formula is C28H34F2N6O2. The molecule has 3 aliphatic heterocycles. The minimum atomic E-state index is -2.63. The van der Waals surface area contributed by atoms with Gasteiger partial charge in [-0.05, 0) is 48.4 Å². The van der Waals surface area contributed by atoms with Gasteiger partial charge in [0, 0.05) is 81.0 Å². The molecule has 202 valence electrons. The number of aryl methyl sites for hydroxylation is 1.